The van der Waals surface area contributed by atoms with Crippen molar-refractivity contribution in [2.45, 2.75) is 31.5 Å². The summed E-state index contributed by atoms with van der Waals surface area (Å²) < 4.78 is 0. The second kappa shape index (κ2) is 8.81. The van der Waals surface area contributed by atoms with Crippen molar-refractivity contribution < 1.29 is 14.4 Å². The standard InChI is InChI=1S/C21H22ClN5O3/c22-15-5-1-6-16(10-15)25-18(28)13-26-17-7-3-9-24-19(17)20(29)27(21(26)30)12-14-4-2-8-23-11-14/h1-2,4-6,8,10-11,17,19,24H,3,7,9,12-13H2,(H,25,28). The van der Waals surface area contributed by atoms with Gasteiger partial charge >= 0.3 is 6.03 Å². The number of fused-ring (bicyclic) bond motifs is 1. The van der Waals surface area contributed by atoms with Crippen molar-refractivity contribution in [3.63, 3.8) is 0 Å². The monoisotopic (exact) mass is 427 g/mol. The third-order valence-corrected chi connectivity index (χ3v) is 5.56. The Hall–Kier alpha value is -2.97. The fourth-order valence-electron chi connectivity index (χ4n) is 3.94. The van der Waals surface area contributed by atoms with Gasteiger partial charge in [-0.05, 0) is 49.2 Å². The number of carbonyl (C=O) groups excluding carboxylic acids is 3. The molecule has 3 heterocycles. The molecule has 4 amide bonds. The highest BCUT2D eigenvalue weighted by Crippen LogP contribution is 2.26. The molecule has 2 unspecified atom stereocenters. The number of benzene rings is 1. The van der Waals surface area contributed by atoms with Gasteiger partial charge in [0.25, 0.3) is 0 Å². The molecule has 8 nitrogen and oxygen atoms in total. The summed E-state index contributed by atoms with van der Waals surface area (Å²) in [5.74, 6) is -0.606. The van der Waals surface area contributed by atoms with E-state index in [-0.39, 0.29) is 30.9 Å². The summed E-state index contributed by atoms with van der Waals surface area (Å²) in [7, 11) is 0. The van der Waals surface area contributed by atoms with Crippen LogP contribution in [0.2, 0.25) is 5.02 Å². The number of hydrogen-bond acceptors (Lipinski definition) is 5. The van der Waals surface area contributed by atoms with E-state index < -0.39 is 12.1 Å². The van der Waals surface area contributed by atoms with Gasteiger partial charge in [0.15, 0.2) is 0 Å². The number of carbonyl (C=O) groups is 3. The third-order valence-electron chi connectivity index (χ3n) is 5.32. The van der Waals surface area contributed by atoms with E-state index in [1.165, 1.54) is 9.80 Å². The second-order valence-electron chi connectivity index (χ2n) is 7.40. The van der Waals surface area contributed by atoms with Crippen molar-refractivity contribution in [3.8, 4) is 0 Å². The predicted octanol–water partition coefficient (Wildman–Crippen LogP) is 2.26. The molecule has 30 heavy (non-hydrogen) atoms. The minimum absolute atomic E-state index is 0.114. The first kappa shape index (κ1) is 20.3. The number of nitrogens with one attached hydrogen (secondary N) is 2. The molecule has 1 aromatic carbocycles. The summed E-state index contributed by atoms with van der Waals surface area (Å²) in [6.45, 7) is 0.665. The quantitative estimate of drug-likeness (QED) is 0.763. The van der Waals surface area contributed by atoms with Crippen molar-refractivity contribution in [1.29, 1.82) is 0 Å². The van der Waals surface area contributed by atoms with Gasteiger partial charge in [0, 0.05) is 23.1 Å². The van der Waals surface area contributed by atoms with Gasteiger partial charge in [0.05, 0.1) is 12.6 Å². The molecule has 2 fully saturated rings. The fraction of sp³-hybridized carbons (Fsp3) is 0.333. The first-order chi connectivity index (χ1) is 14.5. The average Bonchev–Trinajstić information content (AvgIpc) is 2.75. The van der Waals surface area contributed by atoms with Gasteiger partial charge in [0.2, 0.25) is 11.8 Å². The van der Waals surface area contributed by atoms with Gasteiger partial charge in [-0.15, -0.1) is 0 Å². The Bertz CT molecular complexity index is 955. The van der Waals surface area contributed by atoms with Crippen LogP contribution in [-0.4, -0.2) is 57.8 Å². The lowest BCUT2D eigenvalue weighted by Gasteiger charge is -2.46. The van der Waals surface area contributed by atoms with Crippen LogP contribution in [0.1, 0.15) is 18.4 Å². The number of urea groups is 1. The van der Waals surface area contributed by atoms with Crippen molar-refractivity contribution in [1.82, 2.24) is 20.1 Å². The lowest BCUT2D eigenvalue weighted by atomic mass is 9.93. The smallest absolute Gasteiger partial charge is 0.324 e. The van der Waals surface area contributed by atoms with Crippen molar-refractivity contribution in [2.75, 3.05) is 18.4 Å². The highest BCUT2D eigenvalue weighted by molar-refractivity contribution is 6.30. The summed E-state index contributed by atoms with van der Waals surface area (Å²) in [6.07, 6.45) is 4.75. The van der Waals surface area contributed by atoms with Crippen LogP contribution in [0.3, 0.4) is 0 Å². The Morgan fingerprint density at radius 1 is 1.27 bits per heavy atom. The number of nitrogens with zero attached hydrogens (tertiary/aromatic N) is 3. The van der Waals surface area contributed by atoms with E-state index in [9.17, 15) is 14.4 Å². The van der Waals surface area contributed by atoms with E-state index in [0.29, 0.717) is 23.7 Å². The number of pyridine rings is 1. The topological polar surface area (TPSA) is 94.6 Å². The molecule has 1 aromatic heterocycles. The third kappa shape index (κ3) is 4.29. The zero-order valence-electron chi connectivity index (χ0n) is 16.3. The normalized spacial score (nSPS) is 21.4. The largest absolute Gasteiger partial charge is 0.327 e. The zero-order chi connectivity index (χ0) is 21.1. The molecular formula is C21H22ClN5O3. The summed E-state index contributed by atoms with van der Waals surface area (Å²) >= 11 is 5.97. The number of anilines is 1. The van der Waals surface area contributed by atoms with Crippen LogP contribution < -0.4 is 10.6 Å². The molecule has 0 aliphatic carbocycles. The molecule has 9 heteroatoms. The van der Waals surface area contributed by atoms with E-state index in [1.54, 1.807) is 42.7 Å². The number of imide groups is 1. The summed E-state index contributed by atoms with van der Waals surface area (Å²) in [4.78, 5) is 45.7. The molecule has 2 aliphatic rings. The van der Waals surface area contributed by atoms with Gasteiger partial charge in [-0.1, -0.05) is 23.7 Å². The Balaban J connectivity index is 1.54. The Labute approximate surface area is 179 Å². The summed E-state index contributed by atoms with van der Waals surface area (Å²) in [6, 6.07) is 9.04. The maximum atomic E-state index is 13.2. The molecule has 2 atom stereocenters. The maximum absolute atomic E-state index is 13.2. The van der Waals surface area contributed by atoms with Crippen molar-refractivity contribution in [3.05, 3.63) is 59.4 Å². The van der Waals surface area contributed by atoms with Gasteiger partial charge in [-0.25, -0.2) is 4.79 Å². The molecule has 4 rings (SSSR count). The second-order valence-corrected chi connectivity index (χ2v) is 7.83. The molecule has 0 saturated carbocycles. The van der Waals surface area contributed by atoms with Crippen molar-refractivity contribution in [2.24, 2.45) is 0 Å². The molecule has 0 spiro atoms. The molecule has 2 saturated heterocycles. The number of hydrogen-bond donors (Lipinski definition) is 2. The fourth-order valence-corrected chi connectivity index (χ4v) is 4.13. The number of halogens is 1. The SMILES string of the molecule is O=C(CN1C(=O)N(Cc2cccnc2)C(=O)C2NCCCC21)Nc1cccc(Cl)c1. The van der Waals surface area contributed by atoms with E-state index in [0.717, 1.165) is 12.0 Å². The first-order valence-corrected chi connectivity index (χ1v) is 10.2. The number of rotatable bonds is 5. The van der Waals surface area contributed by atoms with Crippen LogP contribution >= 0.6 is 11.6 Å². The molecule has 0 radical (unpaired) electrons. The van der Waals surface area contributed by atoms with Crippen LogP contribution in [0.25, 0.3) is 0 Å². The number of piperidine rings is 1. The van der Waals surface area contributed by atoms with Crippen molar-refractivity contribution >= 4 is 35.1 Å². The molecule has 2 aliphatic heterocycles. The van der Waals surface area contributed by atoms with E-state index in [2.05, 4.69) is 15.6 Å². The van der Waals surface area contributed by atoms with Gasteiger partial charge in [-0.3, -0.25) is 19.5 Å². The van der Waals surface area contributed by atoms with Gasteiger partial charge in [0.1, 0.15) is 12.6 Å². The lowest BCUT2D eigenvalue weighted by molar-refractivity contribution is -0.138. The molecule has 156 valence electrons. The minimum Gasteiger partial charge on any atom is -0.324 e. The van der Waals surface area contributed by atoms with E-state index in [1.807, 2.05) is 6.07 Å². The molecule has 2 aromatic rings. The predicted molar refractivity (Wildman–Crippen MR) is 112 cm³/mol. The van der Waals surface area contributed by atoms with E-state index >= 15 is 0 Å². The Kier molecular flexibility index (Phi) is 5.96. The van der Waals surface area contributed by atoms with Crippen LogP contribution in [0.15, 0.2) is 48.8 Å². The van der Waals surface area contributed by atoms with Gasteiger partial charge in [-0.2, -0.15) is 0 Å². The number of aromatic nitrogens is 1. The maximum Gasteiger partial charge on any atom is 0.327 e. The summed E-state index contributed by atoms with van der Waals surface area (Å²) in [5.41, 5.74) is 1.30. The van der Waals surface area contributed by atoms with Gasteiger partial charge < -0.3 is 15.5 Å². The lowest BCUT2D eigenvalue weighted by Crippen LogP contribution is -2.70. The highest BCUT2D eigenvalue weighted by Gasteiger charge is 2.47. The first-order valence-electron chi connectivity index (χ1n) is 9.82. The van der Waals surface area contributed by atoms with E-state index in [4.69, 9.17) is 11.6 Å². The molecule has 0 bridgehead atoms. The van der Waals surface area contributed by atoms with Crippen LogP contribution in [0, 0.1) is 0 Å². The van der Waals surface area contributed by atoms with Crippen LogP contribution in [-0.2, 0) is 16.1 Å². The van der Waals surface area contributed by atoms with Crippen LogP contribution in [0.5, 0.6) is 0 Å². The Morgan fingerprint density at radius 3 is 2.90 bits per heavy atom. The Morgan fingerprint density at radius 2 is 2.13 bits per heavy atom. The molecular weight excluding hydrogens is 406 g/mol. The highest BCUT2D eigenvalue weighted by atomic mass is 35.5. The molecule has 2 N–H and O–H groups in total. The van der Waals surface area contributed by atoms with Crippen LogP contribution in [0.4, 0.5) is 10.5 Å². The zero-order valence-corrected chi connectivity index (χ0v) is 17.0. The average molecular weight is 428 g/mol. The number of amides is 4. The minimum atomic E-state index is -0.521. The summed E-state index contributed by atoms with van der Waals surface area (Å²) in [5, 5.41) is 6.49.